The van der Waals surface area contributed by atoms with E-state index in [4.69, 9.17) is 10.8 Å². The van der Waals surface area contributed by atoms with Crippen molar-refractivity contribution < 1.29 is 9.90 Å². The van der Waals surface area contributed by atoms with Gasteiger partial charge in [-0.1, -0.05) is 13.8 Å². The third-order valence-corrected chi connectivity index (χ3v) is 4.30. The molecule has 0 fully saturated rings. The van der Waals surface area contributed by atoms with E-state index >= 15 is 0 Å². The molecular weight excluding hydrogens is 302 g/mol. The van der Waals surface area contributed by atoms with E-state index < -0.39 is 5.97 Å². The first-order valence-electron chi connectivity index (χ1n) is 5.44. The molecule has 0 radical (unpaired) electrons. The Bertz CT molecular complexity index is 415. The zero-order chi connectivity index (χ0) is 13.2. The van der Waals surface area contributed by atoms with Gasteiger partial charge in [0.05, 0.1) is 10.2 Å². The first-order chi connectivity index (χ1) is 7.71. The lowest BCUT2D eigenvalue weighted by molar-refractivity contribution is -0.139. The number of aryl methyl sites for hydroxylation is 1. The number of thiophene rings is 1. The summed E-state index contributed by atoms with van der Waals surface area (Å²) in [6.07, 6.45) is 0.814. The molecule has 17 heavy (non-hydrogen) atoms. The highest BCUT2D eigenvalue weighted by Gasteiger charge is 2.26. The topological polar surface area (TPSA) is 63.3 Å². The SMILES string of the molecule is Cc1sc(Br)cc1C(N)CC(C)(C)CC(=O)O. The normalized spacial score (nSPS) is 13.7. The fraction of sp³-hybridized carbons (Fsp3) is 0.583. The maximum Gasteiger partial charge on any atom is 0.303 e. The third-order valence-electron chi connectivity index (χ3n) is 2.73. The van der Waals surface area contributed by atoms with Crippen molar-refractivity contribution in [2.24, 2.45) is 11.1 Å². The van der Waals surface area contributed by atoms with Gasteiger partial charge in [0.25, 0.3) is 0 Å². The van der Waals surface area contributed by atoms with Crippen molar-refractivity contribution in [2.45, 2.75) is 39.7 Å². The molecule has 1 aromatic rings. The van der Waals surface area contributed by atoms with Crippen LogP contribution in [0.4, 0.5) is 0 Å². The molecule has 0 aliphatic carbocycles. The zero-order valence-corrected chi connectivity index (χ0v) is 12.7. The number of hydrogen-bond donors (Lipinski definition) is 2. The minimum atomic E-state index is -0.773. The van der Waals surface area contributed by atoms with Crippen LogP contribution in [0.2, 0.25) is 0 Å². The van der Waals surface area contributed by atoms with E-state index in [1.807, 2.05) is 26.8 Å². The first-order valence-corrected chi connectivity index (χ1v) is 7.05. The quantitative estimate of drug-likeness (QED) is 0.869. The summed E-state index contributed by atoms with van der Waals surface area (Å²) in [5, 5.41) is 8.85. The van der Waals surface area contributed by atoms with Crippen LogP contribution in [0.1, 0.15) is 43.2 Å². The minimum Gasteiger partial charge on any atom is -0.481 e. The van der Waals surface area contributed by atoms with E-state index in [0.717, 1.165) is 9.35 Å². The molecule has 1 heterocycles. The Hall–Kier alpha value is -0.390. The zero-order valence-electron chi connectivity index (χ0n) is 10.3. The summed E-state index contributed by atoms with van der Waals surface area (Å²) in [5.74, 6) is -0.773. The van der Waals surface area contributed by atoms with E-state index in [1.54, 1.807) is 11.3 Å². The van der Waals surface area contributed by atoms with Gasteiger partial charge < -0.3 is 10.8 Å². The molecule has 1 rings (SSSR count). The molecule has 3 N–H and O–H groups in total. The molecule has 0 aromatic carbocycles. The van der Waals surface area contributed by atoms with Gasteiger partial charge in [0, 0.05) is 10.9 Å². The second kappa shape index (κ2) is 5.50. The number of carboxylic acid groups (broad SMARTS) is 1. The second-order valence-electron chi connectivity index (χ2n) is 5.11. The van der Waals surface area contributed by atoms with Gasteiger partial charge in [-0.05, 0) is 46.3 Å². The number of aliphatic carboxylic acids is 1. The summed E-state index contributed by atoms with van der Waals surface area (Å²) in [7, 11) is 0. The average Bonchev–Trinajstić information content (AvgIpc) is 2.41. The number of rotatable bonds is 5. The Morgan fingerprint density at radius 2 is 2.24 bits per heavy atom. The largest absolute Gasteiger partial charge is 0.481 e. The molecule has 3 nitrogen and oxygen atoms in total. The summed E-state index contributed by atoms with van der Waals surface area (Å²) in [6, 6.07) is 1.92. The van der Waals surface area contributed by atoms with Crippen molar-refractivity contribution in [3.63, 3.8) is 0 Å². The van der Waals surface area contributed by atoms with Crippen LogP contribution < -0.4 is 5.73 Å². The van der Waals surface area contributed by atoms with Crippen LogP contribution in [-0.4, -0.2) is 11.1 Å². The van der Waals surface area contributed by atoms with Crippen molar-refractivity contribution in [1.82, 2.24) is 0 Å². The van der Waals surface area contributed by atoms with Crippen LogP contribution in [0.25, 0.3) is 0 Å². The van der Waals surface area contributed by atoms with Crippen LogP contribution >= 0.6 is 27.3 Å². The molecule has 96 valence electrons. The van der Waals surface area contributed by atoms with E-state index in [9.17, 15) is 4.79 Å². The van der Waals surface area contributed by atoms with Gasteiger partial charge in [-0.3, -0.25) is 4.79 Å². The maximum atomic E-state index is 10.8. The lowest BCUT2D eigenvalue weighted by atomic mass is 9.81. The van der Waals surface area contributed by atoms with E-state index in [2.05, 4.69) is 15.9 Å². The Kier molecular flexibility index (Phi) is 4.75. The van der Waals surface area contributed by atoms with Crippen LogP contribution in [0.5, 0.6) is 0 Å². The van der Waals surface area contributed by atoms with Crippen molar-refractivity contribution in [1.29, 1.82) is 0 Å². The van der Waals surface area contributed by atoms with Crippen molar-refractivity contribution in [3.05, 3.63) is 20.3 Å². The average molecular weight is 320 g/mol. The maximum absolute atomic E-state index is 10.8. The predicted molar refractivity (Wildman–Crippen MR) is 74.3 cm³/mol. The van der Waals surface area contributed by atoms with Gasteiger partial charge >= 0.3 is 5.97 Å². The van der Waals surface area contributed by atoms with Crippen LogP contribution in [0, 0.1) is 12.3 Å². The third kappa shape index (κ3) is 4.41. The second-order valence-corrected chi connectivity index (χ2v) is 7.74. The molecule has 1 atom stereocenters. The van der Waals surface area contributed by atoms with Gasteiger partial charge in [0.1, 0.15) is 0 Å². The lowest BCUT2D eigenvalue weighted by Gasteiger charge is -2.26. The first kappa shape index (κ1) is 14.7. The summed E-state index contributed by atoms with van der Waals surface area (Å²) in [4.78, 5) is 11.9. The molecule has 1 unspecified atom stereocenters. The van der Waals surface area contributed by atoms with Gasteiger partial charge in [0.15, 0.2) is 0 Å². The van der Waals surface area contributed by atoms with Crippen molar-refractivity contribution in [2.75, 3.05) is 0 Å². The van der Waals surface area contributed by atoms with E-state index in [1.165, 1.54) is 4.88 Å². The monoisotopic (exact) mass is 319 g/mol. The molecule has 0 amide bonds. The van der Waals surface area contributed by atoms with Crippen LogP contribution in [0.15, 0.2) is 9.85 Å². The van der Waals surface area contributed by atoms with Crippen LogP contribution in [0.3, 0.4) is 0 Å². The van der Waals surface area contributed by atoms with Crippen molar-refractivity contribution in [3.8, 4) is 0 Å². The predicted octanol–water partition coefficient (Wildman–Crippen LogP) is 3.71. The number of carbonyl (C=O) groups is 1. The Morgan fingerprint density at radius 1 is 1.65 bits per heavy atom. The summed E-state index contributed by atoms with van der Waals surface area (Å²) >= 11 is 5.10. The summed E-state index contributed by atoms with van der Waals surface area (Å²) in [6.45, 7) is 5.92. The molecule has 1 aromatic heterocycles. The summed E-state index contributed by atoms with van der Waals surface area (Å²) < 4.78 is 1.07. The van der Waals surface area contributed by atoms with Crippen molar-refractivity contribution >= 4 is 33.2 Å². The lowest BCUT2D eigenvalue weighted by Crippen LogP contribution is -2.24. The molecule has 0 saturated carbocycles. The Balaban J connectivity index is 2.75. The molecule has 0 spiro atoms. The highest BCUT2D eigenvalue weighted by molar-refractivity contribution is 9.11. The van der Waals surface area contributed by atoms with E-state index in [-0.39, 0.29) is 17.9 Å². The molecule has 0 aliphatic rings. The minimum absolute atomic E-state index is 0.105. The molecular formula is C12H18BrNO2S. The Morgan fingerprint density at radius 3 is 2.65 bits per heavy atom. The number of halogens is 1. The summed E-state index contributed by atoms with van der Waals surface area (Å²) in [5.41, 5.74) is 6.99. The molecule has 0 saturated heterocycles. The molecule has 5 heteroatoms. The van der Waals surface area contributed by atoms with Gasteiger partial charge in [-0.15, -0.1) is 11.3 Å². The smallest absolute Gasteiger partial charge is 0.303 e. The molecule has 0 aliphatic heterocycles. The number of hydrogen-bond acceptors (Lipinski definition) is 3. The highest BCUT2D eigenvalue weighted by atomic mass is 79.9. The van der Waals surface area contributed by atoms with Crippen LogP contribution in [-0.2, 0) is 4.79 Å². The highest BCUT2D eigenvalue weighted by Crippen LogP contribution is 2.36. The Labute approximate surface area is 114 Å². The van der Waals surface area contributed by atoms with Gasteiger partial charge in [-0.2, -0.15) is 0 Å². The fourth-order valence-corrected chi connectivity index (χ4v) is 3.80. The van der Waals surface area contributed by atoms with Gasteiger partial charge in [-0.25, -0.2) is 0 Å². The fourth-order valence-electron chi connectivity index (χ4n) is 2.01. The van der Waals surface area contributed by atoms with E-state index in [0.29, 0.717) is 6.42 Å². The standard InChI is InChI=1S/C12H18BrNO2S/c1-7-8(4-10(13)17-7)9(14)5-12(2,3)6-11(15)16/h4,9H,5-6,14H2,1-3H3,(H,15,16). The molecule has 0 bridgehead atoms. The van der Waals surface area contributed by atoms with Gasteiger partial charge in [0.2, 0.25) is 0 Å². The number of nitrogens with two attached hydrogens (primary N) is 1. The number of carboxylic acids is 1.